The third kappa shape index (κ3) is 0.808. The molecule has 3 nitrogen and oxygen atoms in total. The monoisotopic (exact) mass is 147 g/mol. The van der Waals surface area contributed by atoms with Crippen LogP contribution in [0.15, 0.2) is 18.5 Å². The van der Waals surface area contributed by atoms with E-state index in [4.69, 9.17) is 0 Å². The maximum absolute atomic E-state index is 4.27. The van der Waals surface area contributed by atoms with E-state index in [9.17, 15) is 0 Å². The van der Waals surface area contributed by atoms with Crippen LogP contribution in [0.3, 0.4) is 0 Å². The summed E-state index contributed by atoms with van der Waals surface area (Å²) in [5.41, 5.74) is 2.15. The molecule has 0 spiro atoms. The Hall–Kier alpha value is -1.38. The average Bonchev–Trinajstić information content (AvgIpc) is 2.30. The largest absolute Gasteiger partial charge is 0.272 e. The number of aromatic nitrogens is 3. The summed E-state index contributed by atoms with van der Waals surface area (Å²) < 4.78 is 1.87. The minimum absolute atomic E-state index is 0.965. The van der Waals surface area contributed by atoms with E-state index in [1.807, 2.05) is 17.8 Å². The summed E-state index contributed by atoms with van der Waals surface area (Å²) >= 11 is 0. The van der Waals surface area contributed by atoms with Crippen molar-refractivity contribution < 1.29 is 0 Å². The Morgan fingerprint density at radius 1 is 1.45 bits per heavy atom. The number of hydrogen-bond donors (Lipinski definition) is 0. The van der Waals surface area contributed by atoms with Gasteiger partial charge in [0.15, 0.2) is 0 Å². The zero-order valence-electron chi connectivity index (χ0n) is 6.57. The van der Waals surface area contributed by atoms with Crippen LogP contribution in [-0.2, 0) is 7.05 Å². The fourth-order valence-corrected chi connectivity index (χ4v) is 1.18. The van der Waals surface area contributed by atoms with E-state index in [1.54, 1.807) is 12.4 Å². The highest BCUT2D eigenvalue weighted by atomic mass is 15.3. The minimum Gasteiger partial charge on any atom is -0.272 e. The van der Waals surface area contributed by atoms with Crippen molar-refractivity contribution in [1.82, 2.24) is 14.8 Å². The first-order valence-electron chi connectivity index (χ1n) is 3.52. The molecule has 2 heterocycles. The molecule has 2 aromatic rings. The molecule has 0 N–H and O–H groups in total. The molecule has 56 valence electrons. The molecule has 0 amide bonds. The van der Waals surface area contributed by atoms with Crippen molar-refractivity contribution in [3.8, 4) is 0 Å². The van der Waals surface area contributed by atoms with E-state index in [1.165, 1.54) is 11.1 Å². The first-order chi connectivity index (χ1) is 5.29. The van der Waals surface area contributed by atoms with Crippen LogP contribution in [0.4, 0.5) is 0 Å². The molecule has 0 bridgehead atoms. The Labute approximate surface area is 64.7 Å². The standard InChI is InChI=1S/C8H9N3/c1-6-7-3-4-9-5-8(7)10-11(6)2/h3-5H,1-2H3. The summed E-state index contributed by atoms with van der Waals surface area (Å²) in [6.07, 6.45) is 3.57. The lowest BCUT2D eigenvalue weighted by atomic mass is 10.3. The Balaban J connectivity index is 2.92. The molecule has 0 aromatic carbocycles. The molecular formula is C8H9N3. The molecule has 3 heteroatoms. The summed E-state index contributed by atoms with van der Waals surface area (Å²) in [6, 6.07) is 1.98. The lowest BCUT2D eigenvalue weighted by Gasteiger charge is -1.89. The number of nitrogens with zero attached hydrogens (tertiary/aromatic N) is 3. The molecule has 0 aliphatic rings. The number of rotatable bonds is 0. The van der Waals surface area contributed by atoms with Crippen molar-refractivity contribution in [1.29, 1.82) is 0 Å². The molecule has 0 aliphatic heterocycles. The summed E-state index contributed by atoms with van der Waals surface area (Å²) in [5.74, 6) is 0. The van der Waals surface area contributed by atoms with E-state index >= 15 is 0 Å². The summed E-state index contributed by atoms with van der Waals surface area (Å²) in [7, 11) is 1.94. The van der Waals surface area contributed by atoms with E-state index in [0.29, 0.717) is 0 Å². The topological polar surface area (TPSA) is 30.7 Å². The van der Waals surface area contributed by atoms with E-state index in [-0.39, 0.29) is 0 Å². The Morgan fingerprint density at radius 2 is 2.27 bits per heavy atom. The van der Waals surface area contributed by atoms with E-state index in [2.05, 4.69) is 17.0 Å². The van der Waals surface area contributed by atoms with Gasteiger partial charge in [0, 0.05) is 24.3 Å². The van der Waals surface area contributed by atoms with Gasteiger partial charge in [0.2, 0.25) is 0 Å². The highest BCUT2D eigenvalue weighted by Crippen LogP contribution is 2.13. The molecule has 0 radical (unpaired) electrons. The van der Waals surface area contributed by atoms with Gasteiger partial charge in [0.25, 0.3) is 0 Å². The second-order valence-corrected chi connectivity index (χ2v) is 2.60. The molecule has 0 fully saturated rings. The van der Waals surface area contributed by atoms with Crippen LogP contribution in [0, 0.1) is 6.92 Å². The van der Waals surface area contributed by atoms with E-state index in [0.717, 1.165) is 5.52 Å². The average molecular weight is 147 g/mol. The first kappa shape index (κ1) is 6.34. The third-order valence-electron chi connectivity index (χ3n) is 1.93. The normalized spacial score (nSPS) is 10.7. The van der Waals surface area contributed by atoms with Crippen LogP contribution in [0.5, 0.6) is 0 Å². The van der Waals surface area contributed by atoms with Gasteiger partial charge in [-0.25, -0.2) is 0 Å². The van der Waals surface area contributed by atoms with Crippen LogP contribution >= 0.6 is 0 Å². The maximum Gasteiger partial charge on any atom is 0.111 e. The van der Waals surface area contributed by atoms with Gasteiger partial charge < -0.3 is 0 Å². The zero-order valence-corrected chi connectivity index (χ0v) is 6.57. The van der Waals surface area contributed by atoms with Gasteiger partial charge in [-0.1, -0.05) is 0 Å². The van der Waals surface area contributed by atoms with Crippen LogP contribution < -0.4 is 0 Å². The fraction of sp³-hybridized carbons (Fsp3) is 0.250. The molecule has 0 atom stereocenters. The smallest absolute Gasteiger partial charge is 0.111 e. The fourth-order valence-electron chi connectivity index (χ4n) is 1.18. The second-order valence-electron chi connectivity index (χ2n) is 2.60. The Bertz CT molecular complexity index is 389. The quantitative estimate of drug-likeness (QED) is 0.562. The first-order valence-corrected chi connectivity index (χ1v) is 3.52. The van der Waals surface area contributed by atoms with Crippen molar-refractivity contribution in [3.63, 3.8) is 0 Å². The zero-order chi connectivity index (χ0) is 7.84. The molecule has 2 rings (SSSR count). The number of fused-ring (bicyclic) bond motifs is 1. The van der Waals surface area contributed by atoms with Crippen molar-refractivity contribution >= 4 is 10.9 Å². The van der Waals surface area contributed by atoms with Crippen LogP contribution in [-0.4, -0.2) is 14.8 Å². The lowest BCUT2D eigenvalue weighted by molar-refractivity contribution is 0.751. The van der Waals surface area contributed by atoms with Crippen LogP contribution in [0.25, 0.3) is 10.9 Å². The molecule has 0 saturated heterocycles. The Kier molecular flexibility index (Phi) is 1.18. The number of hydrogen-bond acceptors (Lipinski definition) is 2. The molecule has 0 saturated carbocycles. The number of aryl methyl sites for hydroxylation is 2. The predicted molar refractivity (Wildman–Crippen MR) is 43.2 cm³/mol. The van der Waals surface area contributed by atoms with Gasteiger partial charge in [0.1, 0.15) is 5.52 Å². The molecule has 0 unspecified atom stereocenters. The van der Waals surface area contributed by atoms with E-state index < -0.39 is 0 Å². The molecular weight excluding hydrogens is 138 g/mol. The SMILES string of the molecule is Cc1c2ccncc2nn1C. The summed E-state index contributed by atoms with van der Waals surface area (Å²) in [5, 5.41) is 5.45. The third-order valence-corrected chi connectivity index (χ3v) is 1.93. The van der Waals surface area contributed by atoms with Crippen molar-refractivity contribution in [2.24, 2.45) is 7.05 Å². The van der Waals surface area contributed by atoms with Crippen molar-refractivity contribution in [2.45, 2.75) is 6.92 Å². The van der Waals surface area contributed by atoms with Gasteiger partial charge in [-0.05, 0) is 13.0 Å². The van der Waals surface area contributed by atoms with Gasteiger partial charge >= 0.3 is 0 Å². The molecule has 2 aromatic heterocycles. The molecule has 11 heavy (non-hydrogen) atoms. The number of pyridine rings is 1. The van der Waals surface area contributed by atoms with Gasteiger partial charge in [-0.3, -0.25) is 9.67 Å². The summed E-state index contributed by atoms with van der Waals surface area (Å²) in [6.45, 7) is 2.05. The van der Waals surface area contributed by atoms with Crippen LogP contribution in [0.1, 0.15) is 5.69 Å². The van der Waals surface area contributed by atoms with Gasteiger partial charge in [-0.2, -0.15) is 5.10 Å². The van der Waals surface area contributed by atoms with Crippen molar-refractivity contribution in [3.05, 3.63) is 24.2 Å². The molecule has 0 aliphatic carbocycles. The minimum atomic E-state index is 0.965. The summed E-state index contributed by atoms with van der Waals surface area (Å²) in [4.78, 5) is 3.99. The Morgan fingerprint density at radius 3 is 3.00 bits per heavy atom. The second kappa shape index (κ2) is 2.05. The highest BCUT2D eigenvalue weighted by molar-refractivity contribution is 5.80. The van der Waals surface area contributed by atoms with Crippen molar-refractivity contribution in [2.75, 3.05) is 0 Å². The van der Waals surface area contributed by atoms with Gasteiger partial charge in [-0.15, -0.1) is 0 Å². The predicted octanol–water partition coefficient (Wildman–Crippen LogP) is 1.28. The van der Waals surface area contributed by atoms with Crippen LogP contribution in [0.2, 0.25) is 0 Å². The highest BCUT2D eigenvalue weighted by Gasteiger charge is 2.01. The lowest BCUT2D eigenvalue weighted by Crippen LogP contribution is -1.91. The van der Waals surface area contributed by atoms with Gasteiger partial charge in [0.05, 0.1) is 6.20 Å². The maximum atomic E-state index is 4.27.